The van der Waals surface area contributed by atoms with E-state index in [0.29, 0.717) is 5.88 Å². The van der Waals surface area contributed by atoms with Gasteiger partial charge < -0.3 is 4.90 Å². The second-order valence-corrected chi connectivity index (χ2v) is 3.11. The molecule has 1 aromatic heterocycles. The zero-order chi connectivity index (χ0) is 9.68. The highest BCUT2D eigenvalue weighted by molar-refractivity contribution is 6.18. The van der Waals surface area contributed by atoms with Crippen LogP contribution in [0.15, 0.2) is 12.4 Å². The molecule has 1 aromatic rings. The molecule has 0 amide bonds. The minimum Gasteiger partial charge on any atom is -0.354 e. The van der Waals surface area contributed by atoms with Gasteiger partial charge in [-0.2, -0.15) is 0 Å². The Balaban J connectivity index is 2.84. The number of rotatable bonds is 4. The number of halogens is 1. The highest BCUT2D eigenvalue weighted by Crippen LogP contribution is 2.12. The number of aryl methyl sites for hydroxylation is 1. The summed E-state index contributed by atoms with van der Waals surface area (Å²) in [5.41, 5.74) is 0.953. The second kappa shape index (κ2) is 5.02. The first-order valence-corrected chi connectivity index (χ1v) is 4.91. The van der Waals surface area contributed by atoms with Crippen LogP contribution >= 0.6 is 11.6 Å². The molecule has 0 aliphatic rings. The van der Waals surface area contributed by atoms with Gasteiger partial charge in [0.1, 0.15) is 5.82 Å². The summed E-state index contributed by atoms with van der Waals surface area (Å²) in [6, 6.07) is 0. The molecule has 0 bridgehead atoms. The predicted molar refractivity (Wildman–Crippen MR) is 55.4 cm³/mol. The van der Waals surface area contributed by atoms with Crippen LogP contribution in [0.2, 0.25) is 0 Å². The molecule has 0 spiro atoms. The summed E-state index contributed by atoms with van der Waals surface area (Å²) in [6.45, 7) is 5.77. The maximum Gasteiger partial charge on any atom is 0.150 e. The van der Waals surface area contributed by atoms with Crippen molar-refractivity contribution >= 4 is 17.4 Å². The van der Waals surface area contributed by atoms with Crippen LogP contribution in [-0.4, -0.2) is 28.9 Å². The molecule has 0 saturated heterocycles. The summed E-state index contributed by atoms with van der Waals surface area (Å²) >= 11 is 5.69. The third-order valence-electron chi connectivity index (χ3n) is 1.89. The highest BCUT2D eigenvalue weighted by atomic mass is 35.5. The van der Waals surface area contributed by atoms with Crippen LogP contribution < -0.4 is 4.90 Å². The quantitative estimate of drug-likeness (QED) is 0.694. The fraction of sp³-hybridized carbons (Fsp3) is 0.556. The van der Waals surface area contributed by atoms with E-state index >= 15 is 0 Å². The third kappa shape index (κ3) is 2.56. The zero-order valence-corrected chi connectivity index (χ0v) is 8.75. The fourth-order valence-corrected chi connectivity index (χ4v) is 1.43. The van der Waals surface area contributed by atoms with Gasteiger partial charge in [-0.3, -0.25) is 4.98 Å². The molecule has 13 heavy (non-hydrogen) atoms. The number of alkyl halides is 1. The molecule has 0 saturated carbocycles. The van der Waals surface area contributed by atoms with E-state index in [4.69, 9.17) is 11.6 Å². The first kappa shape index (κ1) is 10.3. The van der Waals surface area contributed by atoms with E-state index in [1.54, 1.807) is 12.4 Å². The lowest BCUT2D eigenvalue weighted by molar-refractivity contribution is 0.834. The molecule has 0 aliphatic heterocycles. The molecule has 0 radical (unpaired) electrons. The van der Waals surface area contributed by atoms with Crippen molar-refractivity contribution in [3.05, 3.63) is 18.1 Å². The Hall–Kier alpha value is -0.830. The number of nitrogens with zero attached hydrogens (tertiary/aromatic N) is 3. The van der Waals surface area contributed by atoms with Crippen LogP contribution in [-0.2, 0) is 0 Å². The third-order valence-corrected chi connectivity index (χ3v) is 2.06. The van der Waals surface area contributed by atoms with Crippen molar-refractivity contribution in [1.82, 2.24) is 9.97 Å². The molecule has 0 fully saturated rings. The Morgan fingerprint density at radius 1 is 1.38 bits per heavy atom. The maximum absolute atomic E-state index is 5.69. The molecule has 0 aliphatic carbocycles. The lowest BCUT2D eigenvalue weighted by Crippen LogP contribution is -2.26. The van der Waals surface area contributed by atoms with Gasteiger partial charge in [-0.1, -0.05) is 0 Å². The van der Waals surface area contributed by atoms with Gasteiger partial charge in [0.25, 0.3) is 0 Å². The smallest absolute Gasteiger partial charge is 0.150 e. The zero-order valence-electron chi connectivity index (χ0n) is 8.00. The molecule has 72 valence electrons. The van der Waals surface area contributed by atoms with Gasteiger partial charge in [0.2, 0.25) is 0 Å². The minimum absolute atomic E-state index is 0.615. The summed E-state index contributed by atoms with van der Waals surface area (Å²) < 4.78 is 0. The first-order valence-electron chi connectivity index (χ1n) is 4.38. The van der Waals surface area contributed by atoms with E-state index in [1.165, 1.54) is 0 Å². The van der Waals surface area contributed by atoms with E-state index in [1.807, 2.05) is 6.92 Å². The number of anilines is 1. The van der Waals surface area contributed by atoms with Crippen molar-refractivity contribution in [1.29, 1.82) is 0 Å². The van der Waals surface area contributed by atoms with Crippen molar-refractivity contribution < 1.29 is 0 Å². The summed E-state index contributed by atoms with van der Waals surface area (Å²) in [5, 5.41) is 0. The fourth-order valence-electron chi connectivity index (χ4n) is 1.23. The largest absolute Gasteiger partial charge is 0.354 e. The summed E-state index contributed by atoms with van der Waals surface area (Å²) in [6.07, 6.45) is 3.41. The highest BCUT2D eigenvalue weighted by Gasteiger charge is 2.07. The topological polar surface area (TPSA) is 29.0 Å². The van der Waals surface area contributed by atoms with Crippen LogP contribution in [0.25, 0.3) is 0 Å². The van der Waals surface area contributed by atoms with Gasteiger partial charge in [0.05, 0.1) is 5.69 Å². The van der Waals surface area contributed by atoms with Gasteiger partial charge in [0, 0.05) is 31.4 Å². The van der Waals surface area contributed by atoms with Gasteiger partial charge >= 0.3 is 0 Å². The lowest BCUT2D eigenvalue weighted by atomic mass is 10.4. The van der Waals surface area contributed by atoms with Crippen LogP contribution in [0.1, 0.15) is 12.6 Å². The van der Waals surface area contributed by atoms with Crippen molar-refractivity contribution in [3.8, 4) is 0 Å². The molecular weight excluding hydrogens is 186 g/mol. The molecule has 0 unspecified atom stereocenters. The lowest BCUT2D eigenvalue weighted by Gasteiger charge is -2.21. The van der Waals surface area contributed by atoms with Gasteiger partial charge in [-0.05, 0) is 13.8 Å². The Bertz CT molecular complexity index is 265. The summed E-state index contributed by atoms with van der Waals surface area (Å²) in [5.74, 6) is 1.55. The second-order valence-electron chi connectivity index (χ2n) is 2.73. The maximum atomic E-state index is 5.69. The van der Waals surface area contributed by atoms with Crippen molar-refractivity contribution in [3.63, 3.8) is 0 Å². The number of hydrogen-bond donors (Lipinski definition) is 0. The Morgan fingerprint density at radius 2 is 2.08 bits per heavy atom. The molecule has 0 aromatic carbocycles. The monoisotopic (exact) mass is 199 g/mol. The molecule has 3 nitrogen and oxygen atoms in total. The van der Waals surface area contributed by atoms with Crippen LogP contribution in [0.5, 0.6) is 0 Å². The SMILES string of the molecule is CCN(CCCl)c1nccnc1C. The molecule has 1 rings (SSSR count). The van der Waals surface area contributed by atoms with Gasteiger partial charge in [0.15, 0.2) is 0 Å². The minimum atomic E-state index is 0.615. The summed E-state index contributed by atoms with van der Waals surface area (Å²) in [7, 11) is 0. The van der Waals surface area contributed by atoms with Crippen molar-refractivity contribution in [2.75, 3.05) is 23.9 Å². The van der Waals surface area contributed by atoms with Gasteiger partial charge in [-0.15, -0.1) is 11.6 Å². The van der Waals surface area contributed by atoms with E-state index in [9.17, 15) is 0 Å². The Labute approximate surface area is 83.8 Å². The number of hydrogen-bond acceptors (Lipinski definition) is 3. The molecule has 4 heteroatoms. The van der Waals surface area contributed by atoms with Crippen molar-refractivity contribution in [2.24, 2.45) is 0 Å². The Kier molecular flexibility index (Phi) is 3.96. The van der Waals surface area contributed by atoms with E-state index in [0.717, 1.165) is 24.6 Å². The van der Waals surface area contributed by atoms with E-state index in [-0.39, 0.29) is 0 Å². The standard InChI is InChI=1S/C9H14ClN3/c1-3-13(7-4-10)9-8(2)11-5-6-12-9/h5-6H,3-4,7H2,1-2H3. The molecule has 0 N–H and O–H groups in total. The first-order chi connectivity index (χ1) is 6.29. The molecule has 0 atom stereocenters. The average molecular weight is 200 g/mol. The van der Waals surface area contributed by atoms with Crippen LogP contribution in [0, 0.1) is 6.92 Å². The summed E-state index contributed by atoms with van der Waals surface area (Å²) in [4.78, 5) is 10.6. The van der Waals surface area contributed by atoms with E-state index < -0.39 is 0 Å². The Morgan fingerprint density at radius 3 is 2.62 bits per heavy atom. The van der Waals surface area contributed by atoms with E-state index in [2.05, 4.69) is 21.8 Å². The average Bonchev–Trinajstić information content (AvgIpc) is 2.16. The number of aromatic nitrogens is 2. The van der Waals surface area contributed by atoms with Gasteiger partial charge in [-0.25, -0.2) is 4.98 Å². The van der Waals surface area contributed by atoms with Crippen LogP contribution in [0.3, 0.4) is 0 Å². The van der Waals surface area contributed by atoms with Crippen molar-refractivity contribution in [2.45, 2.75) is 13.8 Å². The normalized spacial score (nSPS) is 10.1. The van der Waals surface area contributed by atoms with Crippen LogP contribution in [0.4, 0.5) is 5.82 Å². The molecular formula is C9H14ClN3. The predicted octanol–water partition coefficient (Wildman–Crippen LogP) is 1.85. The molecule has 1 heterocycles.